The molecule has 0 spiro atoms. The van der Waals surface area contributed by atoms with Gasteiger partial charge in [-0.25, -0.2) is 8.42 Å². The van der Waals surface area contributed by atoms with E-state index in [-0.39, 0.29) is 5.89 Å². The summed E-state index contributed by atoms with van der Waals surface area (Å²) in [5.74, 6) is 0.689. The second kappa shape index (κ2) is 5.18. The van der Waals surface area contributed by atoms with Gasteiger partial charge in [0.25, 0.3) is 0 Å². The van der Waals surface area contributed by atoms with Crippen molar-refractivity contribution in [1.82, 2.24) is 20.4 Å². The minimum absolute atomic E-state index is 0.153. The number of aromatic nitrogens is 2. The van der Waals surface area contributed by atoms with Crippen molar-refractivity contribution in [2.24, 2.45) is 0 Å². The molecule has 1 fully saturated rings. The molecule has 1 N–H and O–H groups in total. The fourth-order valence-electron chi connectivity index (χ4n) is 1.79. The molecule has 1 aliphatic rings. The Labute approximate surface area is 113 Å². The zero-order valence-corrected chi connectivity index (χ0v) is 12.3. The van der Waals surface area contributed by atoms with Crippen LogP contribution in [0.2, 0.25) is 0 Å². The number of nitrogens with one attached hydrogen (secondary N) is 1. The third-order valence-electron chi connectivity index (χ3n) is 3.48. The van der Waals surface area contributed by atoms with E-state index in [4.69, 9.17) is 4.52 Å². The first kappa shape index (κ1) is 14.4. The van der Waals surface area contributed by atoms with Gasteiger partial charge in [0.05, 0.1) is 6.54 Å². The highest BCUT2D eigenvalue weighted by atomic mass is 32.2. The van der Waals surface area contributed by atoms with Crippen LogP contribution in [0.25, 0.3) is 0 Å². The van der Waals surface area contributed by atoms with Crippen LogP contribution >= 0.6 is 0 Å². The number of sulfone groups is 1. The SMILES string of the molecule is CC(C)(c1nc(CN2CCNCC2)no1)S(C)(=O)=O. The summed E-state index contributed by atoms with van der Waals surface area (Å²) >= 11 is 0. The third-order valence-corrected chi connectivity index (χ3v) is 5.51. The topological polar surface area (TPSA) is 88.3 Å². The Bertz CT molecular complexity index is 532. The van der Waals surface area contributed by atoms with E-state index in [1.165, 1.54) is 6.26 Å². The Hall–Kier alpha value is -0.990. The molecule has 0 radical (unpaired) electrons. The summed E-state index contributed by atoms with van der Waals surface area (Å²) < 4.78 is 27.4. The van der Waals surface area contributed by atoms with E-state index in [1.54, 1.807) is 13.8 Å². The normalized spacial score (nSPS) is 18.7. The van der Waals surface area contributed by atoms with E-state index in [0.717, 1.165) is 26.2 Å². The highest BCUT2D eigenvalue weighted by Gasteiger charge is 2.38. The first-order chi connectivity index (χ1) is 8.80. The van der Waals surface area contributed by atoms with E-state index >= 15 is 0 Å². The molecule has 0 amide bonds. The van der Waals surface area contributed by atoms with Gasteiger partial charge in [-0.2, -0.15) is 4.98 Å². The van der Waals surface area contributed by atoms with Gasteiger partial charge < -0.3 is 9.84 Å². The van der Waals surface area contributed by atoms with Gasteiger partial charge >= 0.3 is 0 Å². The molecule has 0 saturated carbocycles. The van der Waals surface area contributed by atoms with Gasteiger partial charge in [-0.05, 0) is 13.8 Å². The molecule has 1 aromatic rings. The number of nitrogens with zero attached hydrogens (tertiary/aromatic N) is 3. The maximum Gasteiger partial charge on any atom is 0.247 e. The molecule has 7 nitrogen and oxygen atoms in total. The van der Waals surface area contributed by atoms with Crippen molar-refractivity contribution in [2.75, 3.05) is 32.4 Å². The van der Waals surface area contributed by atoms with Crippen molar-refractivity contribution in [3.63, 3.8) is 0 Å². The van der Waals surface area contributed by atoms with E-state index in [1.807, 2.05) is 0 Å². The quantitative estimate of drug-likeness (QED) is 0.817. The molecule has 8 heteroatoms. The molecular weight excluding hydrogens is 268 g/mol. The molecule has 1 saturated heterocycles. The molecule has 19 heavy (non-hydrogen) atoms. The molecule has 2 rings (SSSR count). The second-order valence-electron chi connectivity index (χ2n) is 5.32. The Morgan fingerprint density at radius 1 is 1.37 bits per heavy atom. The molecule has 1 aromatic heterocycles. The lowest BCUT2D eigenvalue weighted by atomic mass is 10.2. The zero-order valence-electron chi connectivity index (χ0n) is 11.5. The summed E-state index contributed by atoms with van der Waals surface area (Å²) in [5.41, 5.74) is 0. The van der Waals surface area contributed by atoms with Crippen LogP contribution < -0.4 is 5.32 Å². The van der Waals surface area contributed by atoms with Gasteiger partial charge in [0.15, 0.2) is 15.7 Å². The molecule has 0 aliphatic carbocycles. The number of hydrogen-bond acceptors (Lipinski definition) is 7. The van der Waals surface area contributed by atoms with E-state index in [0.29, 0.717) is 12.4 Å². The molecule has 0 atom stereocenters. The van der Waals surface area contributed by atoms with E-state index < -0.39 is 14.6 Å². The Kier molecular flexibility index (Phi) is 3.93. The molecular formula is C11H20N4O3S. The maximum atomic E-state index is 11.7. The van der Waals surface area contributed by atoms with Crippen LogP contribution in [0.4, 0.5) is 0 Å². The summed E-state index contributed by atoms with van der Waals surface area (Å²) in [6, 6.07) is 0. The third kappa shape index (κ3) is 3.13. The van der Waals surface area contributed by atoms with Crippen molar-refractivity contribution < 1.29 is 12.9 Å². The summed E-state index contributed by atoms with van der Waals surface area (Å²) in [6.07, 6.45) is 1.17. The van der Waals surface area contributed by atoms with Gasteiger partial charge in [0, 0.05) is 32.4 Å². The molecule has 0 bridgehead atoms. The summed E-state index contributed by atoms with van der Waals surface area (Å²) in [6.45, 7) is 7.48. The van der Waals surface area contributed by atoms with Gasteiger partial charge in [0.2, 0.25) is 5.89 Å². The van der Waals surface area contributed by atoms with Crippen molar-refractivity contribution in [3.8, 4) is 0 Å². The lowest BCUT2D eigenvalue weighted by molar-refractivity contribution is 0.224. The van der Waals surface area contributed by atoms with Gasteiger partial charge in [-0.15, -0.1) is 0 Å². The van der Waals surface area contributed by atoms with Crippen molar-refractivity contribution >= 4 is 9.84 Å². The first-order valence-electron chi connectivity index (χ1n) is 6.26. The van der Waals surface area contributed by atoms with Crippen LogP contribution in [0.1, 0.15) is 25.6 Å². The van der Waals surface area contributed by atoms with Crippen molar-refractivity contribution in [2.45, 2.75) is 25.1 Å². The molecule has 1 aliphatic heterocycles. The van der Waals surface area contributed by atoms with Gasteiger partial charge in [-0.3, -0.25) is 4.90 Å². The minimum Gasteiger partial charge on any atom is -0.338 e. The summed E-state index contributed by atoms with van der Waals surface area (Å²) in [5, 5.41) is 7.14. The van der Waals surface area contributed by atoms with Gasteiger partial charge in [0.1, 0.15) is 4.75 Å². The van der Waals surface area contributed by atoms with Crippen molar-refractivity contribution in [3.05, 3.63) is 11.7 Å². The fraction of sp³-hybridized carbons (Fsp3) is 0.818. The second-order valence-corrected chi connectivity index (χ2v) is 7.89. The standard InChI is InChI=1S/C11H20N4O3S/c1-11(2,19(3,16)17)10-13-9(14-18-10)8-15-6-4-12-5-7-15/h12H,4-8H2,1-3H3. The van der Waals surface area contributed by atoms with Crippen LogP contribution in [0.15, 0.2) is 4.52 Å². The van der Waals surface area contributed by atoms with Gasteiger partial charge in [-0.1, -0.05) is 5.16 Å². The number of piperazine rings is 1. The van der Waals surface area contributed by atoms with E-state index in [2.05, 4.69) is 20.4 Å². The monoisotopic (exact) mass is 288 g/mol. The summed E-state index contributed by atoms with van der Waals surface area (Å²) in [4.78, 5) is 6.43. The van der Waals surface area contributed by atoms with Crippen LogP contribution in [-0.4, -0.2) is 55.9 Å². The lowest BCUT2D eigenvalue weighted by Crippen LogP contribution is -2.43. The average molecular weight is 288 g/mol. The number of hydrogen-bond donors (Lipinski definition) is 1. The number of rotatable bonds is 4. The van der Waals surface area contributed by atoms with Crippen molar-refractivity contribution in [1.29, 1.82) is 0 Å². The predicted octanol–water partition coefficient (Wildman–Crippen LogP) is -0.245. The Morgan fingerprint density at radius 2 is 2.00 bits per heavy atom. The fourth-order valence-corrected chi connectivity index (χ4v) is 2.19. The molecule has 2 heterocycles. The molecule has 108 valence electrons. The van der Waals surface area contributed by atoms with Crippen LogP contribution in [0.3, 0.4) is 0 Å². The minimum atomic E-state index is -3.30. The smallest absolute Gasteiger partial charge is 0.247 e. The summed E-state index contributed by atoms with van der Waals surface area (Å²) in [7, 11) is -3.30. The zero-order chi connectivity index (χ0) is 14.1. The first-order valence-corrected chi connectivity index (χ1v) is 8.15. The lowest BCUT2D eigenvalue weighted by Gasteiger charge is -2.25. The molecule has 0 unspecified atom stereocenters. The van der Waals surface area contributed by atoms with Crippen LogP contribution in [0.5, 0.6) is 0 Å². The highest BCUT2D eigenvalue weighted by Crippen LogP contribution is 2.27. The maximum absolute atomic E-state index is 11.7. The average Bonchev–Trinajstić information content (AvgIpc) is 2.78. The van der Waals surface area contributed by atoms with Crippen LogP contribution in [0, 0.1) is 0 Å². The largest absolute Gasteiger partial charge is 0.338 e. The van der Waals surface area contributed by atoms with Crippen LogP contribution in [-0.2, 0) is 21.1 Å². The Morgan fingerprint density at radius 3 is 2.58 bits per heavy atom. The molecule has 0 aromatic carbocycles. The Balaban J connectivity index is 2.10. The highest BCUT2D eigenvalue weighted by molar-refractivity contribution is 7.91. The predicted molar refractivity (Wildman–Crippen MR) is 70.3 cm³/mol. The van der Waals surface area contributed by atoms with E-state index in [9.17, 15) is 8.42 Å².